The van der Waals surface area contributed by atoms with Crippen LogP contribution in [0.5, 0.6) is 11.5 Å². The first-order valence-corrected chi connectivity index (χ1v) is 8.26. The maximum atomic E-state index is 9.61. The molecule has 0 spiro atoms. The Balaban J connectivity index is 0.00000208. The van der Waals surface area contributed by atoms with Crippen LogP contribution >= 0.6 is 12.4 Å². The number of halogens is 1. The smallest absolute Gasteiger partial charge is 0.187 e. The predicted molar refractivity (Wildman–Crippen MR) is 97.1 cm³/mol. The lowest BCUT2D eigenvalue weighted by molar-refractivity contribution is 0.126. The summed E-state index contributed by atoms with van der Waals surface area (Å²) in [7, 11) is 0. The number of ether oxygens (including phenoxy) is 1. The monoisotopic (exact) mass is 349 g/mol. The number of nitrogens with one attached hydrogen (secondary N) is 1. The second-order valence-electron chi connectivity index (χ2n) is 5.98. The largest absolute Gasteiger partial charge is 0.452 e. The van der Waals surface area contributed by atoms with Crippen molar-refractivity contribution in [2.24, 2.45) is 0 Å². The Morgan fingerprint density at radius 3 is 2.54 bits per heavy atom. The fraction of sp³-hybridized carbons (Fsp3) is 0.444. The highest BCUT2D eigenvalue weighted by atomic mass is 35.5. The van der Waals surface area contributed by atoms with Gasteiger partial charge in [-0.1, -0.05) is 19.1 Å². The van der Waals surface area contributed by atoms with Crippen molar-refractivity contribution in [3.05, 3.63) is 42.4 Å². The average Bonchev–Trinajstić information content (AvgIpc) is 2.59. The molecule has 2 N–H and O–H groups in total. The minimum atomic E-state index is -0.161. The molecule has 0 aliphatic heterocycles. The van der Waals surface area contributed by atoms with E-state index in [-0.39, 0.29) is 18.5 Å². The van der Waals surface area contributed by atoms with Crippen molar-refractivity contribution < 1.29 is 9.84 Å². The van der Waals surface area contributed by atoms with Gasteiger partial charge in [-0.25, -0.2) is 9.97 Å². The van der Waals surface area contributed by atoms with Crippen LogP contribution in [-0.4, -0.2) is 27.2 Å². The summed E-state index contributed by atoms with van der Waals surface area (Å²) >= 11 is 0. The number of nitrogens with zero attached hydrogens (tertiary/aromatic N) is 2. The number of benzene rings is 1. The van der Waals surface area contributed by atoms with Crippen LogP contribution in [0.15, 0.2) is 36.8 Å². The maximum absolute atomic E-state index is 9.61. The number of hydrogen-bond acceptors (Lipinski definition) is 5. The number of aliphatic hydroxyl groups is 1. The Kier molecular flexibility index (Phi) is 6.82. The van der Waals surface area contributed by atoms with Crippen molar-refractivity contribution in [2.45, 2.75) is 51.2 Å². The van der Waals surface area contributed by atoms with Crippen molar-refractivity contribution in [1.29, 1.82) is 0 Å². The van der Waals surface area contributed by atoms with Gasteiger partial charge in [-0.05, 0) is 49.8 Å². The highest BCUT2D eigenvalue weighted by molar-refractivity contribution is 5.85. The Hall–Kier alpha value is -1.85. The number of rotatable bonds is 5. The molecule has 3 rings (SSSR count). The SMILES string of the molecule is CCc1ccc(Oc2cncnc2N[C@H]2CC[C@H](O)CC2)cc1.Cl. The number of anilines is 1. The van der Waals surface area contributed by atoms with Gasteiger partial charge in [-0.2, -0.15) is 0 Å². The van der Waals surface area contributed by atoms with Gasteiger partial charge in [0.05, 0.1) is 12.3 Å². The molecule has 1 aromatic heterocycles. The Bertz CT molecular complexity index is 628. The summed E-state index contributed by atoms with van der Waals surface area (Å²) in [5.41, 5.74) is 1.28. The molecular weight excluding hydrogens is 326 g/mol. The molecule has 0 atom stereocenters. The lowest BCUT2D eigenvalue weighted by Gasteiger charge is -2.27. The molecule has 1 fully saturated rings. The minimum absolute atomic E-state index is 0. The lowest BCUT2D eigenvalue weighted by atomic mass is 9.93. The fourth-order valence-electron chi connectivity index (χ4n) is 2.83. The van der Waals surface area contributed by atoms with Crippen LogP contribution in [0, 0.1) is 0 Å². The summed E-state index contributed by atoms with van der Waals surface area (Å²) in [5.74, 6) is 2.11. The van der Waals surface area contributed by atoms with E-state index in [1.54, 1.807) is 6.20 Å². The van der Waals surface area contributed by atoms with E-state index >= 15 is 0 Å². The van der Waals surface area contributed by atoms with Crippen molar-refractivity contribution in [1.82, 2.24) is 9.97 Å². The summed E-state index contributed by atoms with van der Waals surface area (Å²) in [6, 6.07) is 8.38. The second-order valence-corrected chi connectivity index (χ2v) is 5.98. The molecule has 0 bridgehead atoms. The number of aliphatic hydroxyl groups excluding tert-OH is 1. The Morgan fingerprint density at radius 2 is 1.88 bits per heavy atom. The van der Waals surface area contributed by atoms with Crippen LogP contribution < -0.4 is 10.1 Å². The van der Waals surface area contributed by atoms with Gasteiger partial charge in [0.15, 0.2) is 11.6 Å². The zero-order valence-electron chi connectivity index (χ0n) is 13.8. The van der Waals surface area contributed by atoms with E-state index < -0.39 is 0 Å². The van der Waals surface area contributed by atoms with Crippen molar-refractivity contribution in [3.8, 4) is 11.5 Å². The van der Waals surface area contributed by atoms with Gasteiger partial charge >= 0.3 is 0 Å². The predicted octanol–water partition coefficient (Wildman–Crippen LogP) is 3.97. The highest BCUT2D eigenvalue weighted by Crippen LogP contribution is 2.29. The fourth-order valence-corrected chi connectivity index (χ4v) is 2.83. The summed E-state index contributed by atoms with van der Waals surface area (Å²) < 4.78 is 5.93. The summed E-state index contributed by atoms with van der Waals surface area (Å²) in [6.45, 7) is 2.13. The molecule has 0 saturated heterocycles. The van der Waals surface area contributed by atoms with Gasteiger partial charge in [-0.3, -0.25) is 0 Å². The third kappa shape index (κ3) is 4.82. The minimum Gasteiger partial charge on any atom is -0.452 e. The topological polar surface area (TPSA) is 67.3 Å². The zero-order valence-corrected chi connectivity index (χ0v) is 14.6. The van der Waals surface area contributed by atoms with E-state index in [0.717, 1.165) is 37.9 Å². The molecular formula is C18H24ClN3O2. The second kappa shape index (κ2) is 8.85. The zero-order chi connectivity index (χ0) is 16.1. The van der Waals surface area contributed by atoms with E-state index in [4.69, 9.17) is 4.74 Å². The van der Waals surface area contributed by atoms with Gasteiger partial charge in [-0.15, -0.1) is 12.4 Å². The van der Waals surface area contributed by atoms with Crippen LogP contribution in [0.3, 0.4) is 0 Å². The van der Waals surface area contributed by atoms with Crippen LogP contribution in [0.1, 0.15) is 38.2 Å². The average molecular weight is 350 g/mol. The van der Waals surface area contributed by atoms with Crippen molar-refractivity contribution in [3.63, 3.8) is 0 Å². The first-order chi connectivity index (χ1) is 11.2. The quantitative estimate of drug-likeness (QED) is 0.854. The molecule has 1 heterocycles. The van der Waals surface area contributed by atoms with E-state index in [9.17, 15) is 5.11 Å². The van der Waals surface area contributed by atoms with E-state index in [2.05, 4.69) is 34.3 Å². The van der Waals surface area contributed by atoms with Gasteiger partial charge in [0.25, 0.3) is 0 Å². The third-order valence-electron chi connectivity index (χ3n) is 4.28. The molecule has 0 amide bonds. The van der Waals surface area contributed by atoms with E-state index in [1.165, 1.54) is 11.9 Å². The molecule has 1 aliphatic rings. The van der Waals surface area contributed by atoms with Crippen molar-refractivity contribution >= 4 is 18.2 Å². The summed E-state index contributed by atoms with van der Waals surface area (Å²) in [4.78, 5) is 8.38. The number of aromatic nitrogens is 2. The van der Waals surface area contributed by atoms with Gasteiger partial charge in [0.1, 0.15) is 12.1 Å². The molecule has 1 aliphatic carbocycles. The molecule has 1 aromatic carbocycles. The summed E-state index contributed by atoms with van der Waals surface area (Å²) in [5, 5.41) is 13.0. The van der Waals surface area contributed by atoms with Crippen LogP contribution in [0.4, 0.5) is 5.82 Å². The molecule has 0 radical (unpaired) electrons. The van der Waals surface area contributed by atoms with Gasteiger partial charge in [0, 0.05) is 6.04 Å². The number of aryl methyl sites for hydroxylation is 1. The van der Waals surface area contributed by atoms with Crippen molar-refractivity contribution in [2.75, 3.05) is 5.32 Å². The molecule has 6 heteroatoms. The normalized spacial score (nSPS) is 20.1. The standard InChI is InChI=1S/C18H23N3O2.ClH/c1-2-13-3-9-16(10-4-13)23-17-11-19-12-20-18(17)21-14-5-7-15(22)8-6-14;/h3-4,9-12,14-15,22H,2,5-8H2,1H3,(H,19,20,21);1H/t14-,15-;. The lowest BCUT2D eigenvalue weighted by Crippen LogP contribution is -2.28. The molecule has 5 nitrogen and oxygen atoms in total. The maximum Gasteiger partial charge on any atom is 0.187 e. The third-order valence-corrected chi connectivity index (χ3v) is 4.28. The van der Waals surface area contributed by atoms with Gasteiger partial charge < -0.3 is 15.2 Å². The number of hydrogen-bond donors (Lipinski definition) is 2. The highest BCUT2D eigenvalue weighted by Gasteiger charge is 2.20. The first-order valence-electron chi connectivity index (χ1n) is 8.26. The Labute approximate surface area is 148 Å². The van der Waals surface area contributed by atoms with Crippen LogP contribution in [0.25, 0.3) is 0 Å². The summed E-state index contributed by atoms with van der Waals surface area (Å²) in [6.07, 6.45) is 7.59. The molecule has 130 valence electrons. The van der Waals surface area contributed by atoms with E-state index in [0.29, 0.717) is 17.6 Å². The molecule has 2 aromatic rings. The molecule has 1 saturated carbocycles. The first kappa shape index (κ1) is 18.5. The van der Waals surface area contributed by atoms with Crippen LogP contribution in [-0.2, 0) is 6.42 Å². The molecule has 0 unspecified atom stereocenters. The Morgan fingerprint density at radius 1 is 1.17 bits per heavy atom. The van der Waals surface area contributed by atoms with E-state index in [1.807, 2.05) is 12.1 Å². The molecule has 24 heavy (non-hydrogen) atoms. The van der Waals surface area contributed by atoms with Gasteiger partial charge in [0.2, 0.25) is 0 Å². The van der Waals surface area contributed by atoms with Crippen LogP contribution in [0.2, 0.25) is 0 Å².